The Morgan fingerprint density at radius 1 is 1.17 bits per heavy atom. The summed E-state index contributed by atoms with van der Waals surface area (Å²) in [4.78, 5) is 18.5. The monoisotopic (exact) mass is 413 g/mol. The summed E-state index contributed by atoms with van der Waals surface area (Å²) in [5, 5.41) is 4.27. The van der Waals surface area contributed by atoms with Crippen molar-refractivity contribution in [2.24, 2.45) is 0 Å². The number of hydrogen-bond acceptors (Lipinski definition) is 3. The van der Waals surface area contributed by atoms with Gasteiger partial charge >= 0.3 is 6.03 Å². The van der Waals surface area contributed by atoms with Crippen molar-refractivity contribution in [1.82, 2.24) is 15.2 Å². The van der Waals surface area contributed by atoms with Crippen LogP contribution in [0.25, 0.3) is 10.9 Å². The first kappa shape index (κ1) is 19.5. The third-order valence-corrected chi connectivity index (χ3v) is 5.30. The summed E-state index contributed by atoms with van der Waals surface area (Å²) >= 11 is 5.88. The molecule has 0 bridgehead atoms. The van der Waals surface area contributed by atoms with Gasteiger partial charge in [-0.1, -0.05) is 23.7 Å². The molecule has 2 heterocycles. The lowest BCUT2D eigenvalue weighted by Gasteiger charge is -2.32. The topological polar surface area (TPSA) is 54.5 Å². The van der Waals surface area contributed by atoms with Gasteiger partial charge in [-0.05, 0) is 42.0 Å². The molecule has 1 aliphatic rings. The van der Waals surface area contributed by atoms with E-state index in [1.165, 1.54) is 12.1 Å². The van der Waals surface area contributed by atoms with E-state index >= 15 is 0 Å². The average molecular weight is 414 g/mol. The second kappa shape index (κ2) is 8.66. The second-order valence-corrected chi connectivity index (χ2v) is 7.50. The lowest BCUT2D eigenvalue weighted by Crippen LogP contribution is -2.46. The zero-order chi connectivity index (χ0) is 20.2. The Hall–Kier alpha value is -2.86. The zero-order valence-electron chi connectivity index (χ0n) is 15.8. The van der Waals surface area contributed by atoms with E-state index in [-0.39, 0.29) is 18.0 Å². The van der Waals surface area contributed by atoms with Crippen LogP contribution in [-0.4, -0.2) is 35.1 Å². The molecule has 7 heteroatoms. The van der Waals surface area contributed by atoms with Gasteiger partial charge in [-0.15, -0.1) is 0 Å². The number of benzene rings is 2. The number of fused-ring (bicyclic) bond motifs is 1. The number of piperidine rings is 1. The Morgan fingerprint density at radius 2 is 1.93 bits per heavy atom. The largest absolute Gasteiger partial charge is 0.490 e. The molecule has 29 heavy (non-hydrogen) atoms. The first-order valence-electron chi connectivity index (χ1n) is 9.56. The summed E-state index contributed by atoms with van der Waals surface area (Å²) in [6.07, 6.45) is 3.07. The van der Waals surface area contributed by atoms with Gasteiger partial charge in [0, 0.05) is 49.1 Å². The number of pyridine rings is 1. The number of nitrogens with zero attached hydrogens (tertiary/aromatic N) is 2. The number of ether oxygens (including phenoxy) is 1. The molecule has 5 nitrogen and oxygen atoms in total. The first-order valence-corrected chi connectivity index (χ1v) is 9.94. The molecule has 1 aromatic heterocycles. The number of amides is 2. The minimum absolute atomic E-state index is 0.0239. The van der Waals surface area contributed by atoms with Crippen LogP contribution in [-0.2, 0) is 6.54 Å². The van der Waals surface area contributed by atoms with Crippen LogP contribution < -0.4 is 10.1 Å². The molecule has 0 aliphatic carbocycles. The van der Waals surface area contributed by atoms with Crippen molar-refractivity contribution >= 4 is 28.5 Å². The summed E-state index contributed by atoms with van der Waals surface area (Å²) in [5.41, 5.74) is 1.70. The van der Waals surface area contributed by atoms with Crippen LogP contribution in [0.4, 0.5) is 9.18 Å². The highest BCUT2D eigenvalue weighted by molar-refractivity contribution is 6.30. The molecular formula is C22H21ClFN3O2. The first-order chi connectivity index (χ1) is 14.1. The van der Waals surface area contributed by atoms with Crippen molar-refractivity contribution in [3.05, 3.63) is 71.1 Å². The van der Waals surface area contributed by atoms with Crippen molar-refractivity contribution < 1.29 is 13.9 Å². The predicted molar refractivity (Wildman–Crippen MR) is 111 cm³/mol. The number of halogens is 2. The van der Waals surface area contributed by atoms with Crippen molar-refractivity contribution in [1.29, 1.82) is 0 Å². The van der Waals surface area contributed by atoms with E-state index in [0.29, 0.717) is 54.2 Å². The van der Waals surface area contributed by atoms with E-state index < -0.39 is 0 Å². The third kappa shape index (κ3) is 4.77. The number of carbonyl (C=O) groups is 1. The van der Waals surface area contributed by atoms with Crippen molar-refractivity contribution in [2.75, 3.05) is 13.1 Å². The van der Waals surface area contributed by atoms with Gasteiger partial charge in [-0.3, -0.25) is 4.98 Å². The Bertz CT molecular complexity index is 1000. The minimum Gasteiger partial charge on any atom is -0.490 e. The van der Waals surface area contributed by atoms with Crippen LogP contribution >= 0.6 is 11.6 Å². The fourth-order valence-electron chi connectivity index (χ4n) is 3.44. The van der Waals surface area contributed by atoms with Crippen molar-refractivity contribution in [2.45, 2.75) is 25.5 Å². The number of likely N-dealkylation sites (tertiary alicyclic amines) is 1. The van der Waals surface area contributed by atoms with Gasteiger partial charge in [0.2, 0.25) is 0 Å². The molecule has 0 radical (unpaired) electrons. The summed E-state index contributed by atoms with van der Waals surface area (Å²) < 4.78 is 19.7. The molecule has 0 saturated carbocycles. The molecule has 150 valence electrons. The number of nitrogens with one attached hydrogen (secondary N) is 1. The van der Waals surface area contributed by atoms with Crippen LogP contribution in [0.15, 0.2) is 54.7 Å². The maximum Gasteiger partial charge on any atom is 0.317 e. The Morgan fingerprint density at radius 3 is 2.69 bits per heavy atom. The number of hydrogen-bond donors (Lipinski definition) is 1. The van der Waals surface area contributed by atoms with E-state index in [9.17, 15) is 9.18 Å². The molecule has 3 aromatic rings. The maximum atomic E-state index is 13.6. The lowest BCUT2D eigenvalue weighted by molar-refractivity contribution is 0.112. The SMILES string of the molecule is O=C(NCc1ccc(Cl)cc1)N1CCC(Oc2ccnc3ccc(F)cc23)CC1. The second-order valence-electron chi connectivity index (χ2n) is 7.06. The van der Waals surface area contributed by atoms with Gasteiger partial charge in [0.25, 0.3) is 0 Å². The normalized spacial score (nSPS) is 14.8. The van der Waals surface area contributed by atoms with Crippen LogP contribution in [0.1, 0.15) is 18.4 Å². The number of aromatic nitrogens is 1. The highest BCUT2D eigenvalue weighted by Gasteiger charge is 2.24. The fourth-order valence-corrected chi connectivity index (χ4v) is 3.57. The van der Waals surface area contributed by atoms with E-state index in [2.05, 4.69) is 10.3 Å². The molecule has 1 saturated heterocycles. The molecule has 0 atom stereocenters. The average Bonchev–Trinajstić information content (AvgIpc) is 2.74. The molecule has 2 amide bonds. The molecule has 2 aromatic carbocycles. The molecule has 0 spiro atoms. The number of rotatable bonds is 4. The van der Waals surface area contributed by atoms with Crippen LogP contribution in [0.3, 0.4) is 0 Å². The molecule has 4 rings (SSSR count). The molecule has 1 fully saturated rings. The van der Waals surface area contributed by atoms with Crippen LogP contribution in [0, 0.1) is 5.82 Å². The highest BCUT2D eigenvalue weighted by Crippen LogP contribution is 2.27. The van der Waals surface area contributed by atoms with Crippen molar-refractivity contribution in [3.63, 3.8) is 0 Å². The summed E-state index contributed by atoms with van der Waals surface area (Å²) in [5.74, 6) is 0.308. The number of carbonyl (C=O) groups excluding carboxylic acids is 1. The van der Waals surface area contributed by atoms with E-state index in [1.54, 1.807) is 35.4 Å². The standard InChI is InChI=1S/C22H21ClFN3O2/c23-16-3-1-15(2-4-16)14-26-22(28)27-11-8-18(9-12-27)29-21-7-10-25-20-6-5-17(24)13-19(20)21/h1-7,10,13,18H,8-9,11-12,14H2,(H,26,28). The minimum atomic E-state index is -0.317. The van der Waals surface area contributed by atoms with Crippen LogP contribution in [0.2, 0.25) is 5.02 Å². The third-order valence-electron chi connectivity index (χ3n) is 5.04. The van der Waals surface area contributed by atoms with Gasteiger partial charge in [-0.25, -0.2) is 9.18 Å². The maximum absolute atomic E-state index is 13.6. The molecule has 0 unspecified atom stereocenters. The quantitative estimate of drug-likeness (QED) is 0.669. The Kier molecular flexibility index (Phi) is 5.81. The predicted octanol–water partition coefficient (Wildman–Crippen LogP) is 4.78. The Labute approximate surface area is 173 Å². The van der Waals surface area contributed by atoms with Gasteiger partial charge in [0.15, 0.2) is 0 Å². The summed E-state index contributed by atoms with van der Waals surface area (Å²) in [7, 11) is 0. The van der Waals surface area contributed by atoms with Gasteiger partial charge in [-0.2, -0.15) is 0 Å². The fraction of sp³-hybridized carbons (Fsp3) is 0.273. The van der Waals surface area contributed by atoms with Gasteiger partial charge < -0.3 is 15.0 Å². The Balaban J connectivity index is 1.31. The number of urea groups is 1. The summed E-state index contributed by atoms with van der Waals surface area (Å²) in [6, 6.07) is 13.5. The molecule has 1 aliphatic heterocycles. The lowest BCUT2D eigenvalue weighted by atomic mass is 10.1. The van der Waals surface area contributed by atoms with Gasteiger partial charge in [0.05, 0.1) is 5.52 Å². The van der Waals surface area contributed by atoms with E-state index in [0.717, 1.165) is 5.56 Å². The smallest absolute Gasteiger partial charge is 0.317 e. The zero-order valence-corrected chi connectivity index (χ0v) is 16.5. The summed E-state index contributed by atoms with van der Waals surface area (Å²) in [6.45, 7) is 1.67. The van der Waals surface area contributed by atoms with E-state index in [1.807, 2.05) is 12.1 Å². The highest BCUT2D eigenvalue weighted by atomic mass is 35.5. The molecular weight excluding hydrogens is 393 g/mol. The van der Waals surface area contributed by atoms with Crippen LogP contribution in [0.5, 0.6) is 5.75 Å². The molecule has 1 N–H and O–H groups in total. The van der Waals surface area contributed by atoms with Gasteiger partial charge in [0.1, 0.15) is 17.7 Å². The van der Waals surface area contributed by atoms with Crippen molar-refractivity contribution in [3.8, 4) is 5.75 Å². The van der Waals surface area contributed by atoms with E-state index in [4.69, 9.17) is 16.3 Å².